The quantitative estimate of drug-likeness (QED) is 0.575. The summed E-state index contributed by atoms with van der Waals surface area (Å²) in [7, 11) is -3.70. The molecule has 2 aliphatic rings. The van der Waals surface area contributed by atoms with Crippen LogP contribution in [0.1, 0.15) is 33.6 Å². The van der Waals surface area contributed by atoms with E-state index in [9.17, 15) is 22.8 Å². The van der Waals surface area contributed by atoms with Crippen molar-refractivity contribution in [2.75, 3.05) is 37.7 Å². The average molecular weight is 438 g/mol. The van der Waals surface area contributed by atoms with Gasteiger partial charge in [0.2, 0.25) is 10.0 Å². The molecular weight excluding hydrogens is 410 g/mol. The van der Waals surface area contributed by atoms with Crippen LogP contribution >= 0.6 is 0 Å². The highest BCUT2D eigenvalue weighted by Gasteiger charge is 2.39. The van der Waals surface area contributed by atoms with Gasteiger partial charge in [0, 0.05) is 25.7 Å². The van der Waals surface area contributed by atoms with Gasteiger partial charge in [-0.2, -0.15) is 4.31 Å². The number of ether oxygens (including phenoxy) is 1. The Bertz CT molecular complexity index is 953. The molecule has 0 N–H and O–H groups in total. The van der Waals surface area contributed by atoms with Crippen LogP contribution in [0.5, 0.6) is 5.75 Å². The zero-order valence-corrected chi connectivity index (χ0v) is 18.3. The summed E-state index contributed by atoms with van der Waals surface area (Å²) in [5.41, 5.74) is 0.265. The Labute approximate surface area is 176 Å². The van der Waals surface area contributed by atoms with Crippen LogP contribution in [0.2, 0.25) is 0 Å². The summed E-state index contributed by atoms with van der Waals surface area (Å²) in [6.07, 6.45) is 1.61. The predicted molar refractivity (Wildman–Crippen MR) is 110 cm³/mol. The van der Waals surface area contributed by atoms with Crippen molar-refractivity contribution in [3.63, 3.8) is 0 Å². The number of hydrogen-bond donors (Lipinski definition) is 0. The maximum Gasteiger partial charge on any atom is 0.331 e. The number of imide groups is 1. The van der Waals surface area contributed by atoms with Gasteiger partial charge >= 0.3 is 6.03 Å². The van der Waals surface area contributed by atoms with Crippen LogP contribution in [0, 0.1) is 5.92 Å². The first kappa shape index (κ1) is 22.2. The fourth-order valence-corrected chi connectivity index (χ4v) is 5.06. The highest BCUT2D eigenvalue weighted by atomic mass is 32.2. The number of carbonyl (C=O) groups is 3. The van der Waals surface area contributed by atoms with E-state index in [1.54, 1.807) is 0 Å². The standard InChI is InChI=1S/C20H27N3O6S/c1-14(2)11-23-19(25)12-22(20(23)26)17-7-6-16(10-18(17)29-13-15(3)24)30(27,28)21-8-4-5-9-21/h6-7,10,14H,4-5,8-9,11-13H2,1-3H3. The molecule has 2 heterocycles. The number of Topliss-reactive ketones (excluding diaryl/α,β-unsaturated/α-hetero) is 1. The lowest BCUT2D eigenvalue weighted by Crippen LogP contribution is -2.35. The Morgan fingerprint density at radius 2 is 1.83 bits per heavy atom. The maximum atomic E-state index is 12.9. The summed E-state index contributed by atoms with van der Waals surface area (Å²) < 4.78 is 32.8. The van der Waals surface area contributed by atoms with Crippen LogP contribution < -0.4 is 9.64 Å². The van der Waals surface area contributed by atoms with Crippen molar-refractivity contribution < 1.29 is 27.5 Å². The number of benzene rings is 1. The molecule has 3 amide bonds. The van der Waals surface area contributed by atoms with Crippen LogP contribution in [0.3, 0.4) is 0 Å². The van der Waals surface area contributed by atoms with Crippen molar-refractivity contribution in [1.82, 2.24) is 9.21 Å². The lowest BCUT2D eigenvalue weighted by Gasteiger charge is -2.22. The first-order valence-electron chi connectivity index (χ1n) is 9.99. The van der Waals surface area contributed by atoms with E-state index in [4.69, 9.17) is 4.74 Å². The molecule has 2 aliphatic heterocycles. The third kappa shape index (κ3) is 4.49. The number of hydrogen-bond acceptors (Lipinski definition) is 6. The van der Waals surface area contributed by atoms with Crippen LogP contribution in [-0.2, 0) is 19.6 Å². The third-order valence-corrected chi connectivity index (χ3v) is 6.85. The van der Waals surface area contributed by atoms with E-state index >= 15 is 0 Å². The van der Waals surface area contributed by atoms with Crippen molar-refractivity contribution in [1.29, 1.82) is 0 Å². The van der Waals surface area contributed by atoms with Gasteiger partial charge in [-0.25, -0.2) is 13.2 Å². The van der Waals surface area contributed by atoms with Crippen molar-refractivity contribution in [2.45, 2.75) is 38.5 Å². The molecule has 1 aromatic rings. The fourth-order valence-electron chi connectivity index (χ4n) is 3.52. The van der Waals surface area contributed by atoms with Gasteiger partial charge < -0.3 is 4.74 Å². The normalized spacial score (nSPS) is 18.0. The molecule has 0 aliphatic carbocycles. The van der Waals surface area contributed by atoms with Gasteiger partial charge in [-0.05, 0) is 37.8 Å². The lowest BCUT2D eigenvalue weighted by molar-refractivity contribution is -0.125. The van der Waals surface area contributed by atoms with Crippen LogP contribution in [0.4, 0.5) is 10.5 Å². The summed E-state index contributed by atoms with van der Waals surface area (Å²) in [6, 6.07) is 3.71. The van der Waals surface area contributed by atoms with E-state index < -0.39 is 16.1 Å². The molecule has 164 valence electrons. The smallest absolute Gasteiger partial charge is 0.331 e. The number of anilines is 1. The molecule has 1 aromatic carbocycles. The predicted octanol–water partition coefficient (Wildman–Crippen LogP) is 1.86. The van der Waals surface area contributed by atoms with Crippen molar-refractivity contribution >= 4 is 33.4 Å². The molecule has 2 saturated heterocycles. The Hall–Kier alpha value is -2.46. The van der Waals surface area contributed by atoms with Gasteiger partial charge in [0.05, 0.1) is 10.6 Å². The second-order valence-corrected chi connectivity index (χ2v) is 9.94. The second-order valence-electron chi connectivity index (χ2n) is 8.00. The number of ketones is 1. The molecule has 3 rings (SSSR count). The van der Waals surface area contributed by atoms with Crippen LogP contribution in [0.25, 0.3) is 0 Å². The maximum absolute atomic E-state index is 12.9. The molecule has 0 aromatic heterocycles. The molecule has 0 radical (unpaired) electrons. The van der Waals surface area contributed by atoms with E-state index in [0.29, 0.717) is 19.6 Å². The Morgan fingerprint density at radius 3 is 2.43 bits per heavy atom. The largest absolute Gasteiger partial charge is 0.484 e. The van der Waals surface area contributed by atoms with E-state index in [-0.39, 0.29) is 47.1 Å². The van der Waals surface area contributed by atoms with Gasteiger partial charge in [0.1, 0.15) is 18.9 Å². The van der Waals surface area contributed by atoms with E-state index in [1.807, 2.05) is 13.8 Å². The molecule has 2 fully saturated rings. The van der Waals surface area contributed by atoms with Gasteiger partial charge in [-0.3, -0.25) is 19.4 Å². The molecule has 0 bridgehead atoms. The van der Waals surface area contributed by atoms with E-state index in [2.05, 4.69) is 0 Å². The van der Waals surface area contributed by atoms with Crippen LogP contribution in [0.15, 0.2) is 23.1 Å². The minimum atomic E-state index is -3.70. The number of rotatable bonds is 8. The number of sulfonamides is 1. The SMILES string of the molecule is CC(=O)COc1cc(S(=O)(=O)N2CCCC2)ccc1N1CC(=O)N(CC(C)C)C1=O. The first-order valence-corrected chi connectivity index (χ1v) is 11.4. The molecule has 0 saturated carbocycles. The van der Waals surface area contributed by atoms with E-state index in [0.717, 1.165) is 12.8 Å². The highest BCUT2D eigenvalue weighted by Crippen LogP contribution is 2.35. The molecule has 10 heteroatoms. The Balaban J connectivity index is 1.97. The summed E-state index contributed by atoms with van der Waals surface area (Å²) in [5, 5.41) is 0. The Morgan fingerprint density at radius 1 is 1.17 bits per heavy atom. The zero-order chi connectivity index (χ0) is 22.1. The average Bonchev–Trinajstić information content (AvgIpc) is 3.31. The van der Waals surface area contributed by atoms with Gasteiger partial charge in [0.25, 0.3) is 5.91 Å². The van der Waals surface area contributed by atoms with E-state index in [1.165, 1.54) is 39.2 Å². The zero-order valence-electron chi connectivity index (χ0n) is 17.5. The Kier molecular flexibility index (Phi) is 6.47. The fraction of sp³-hybridized carbons (Fsp3) is 0.550. The van der Waals surface area contributed by atoms with Crippen molar-refractivity contribution in [3.8, 4) is 5.75 Å². The van der Waals surface area contributed by atoms with Gasteiger partial charge in [-0.1, -0.05) is 13.8 Å². The van der Waals surface area contributed by atoms with Crippen LogP contribution in [-0.4, -0.2) is 68.1 Å². The minimum absolute atomic E-state index is 0.0312. The number of carbonyl (C=O) groups excluding carboxylic acids is 3. The summed E-state index contributed by atoms with van der Waals surface area (Å²) in [6.45, 7) is 5.92. The molecule has 0 atom stereocenters. The third-order valence-electron chi connectivity index (χ3n) is 4.96. The minimum Gasteiger partial charge on any atom is -0.484 e. The summed E-state index contributed by atoms with van der Waals surface area (Å²) in [5.74, 6) is -0.392. The molecule has 0 spiro atoms. The molecule has 0 unspecified atom stereocenters. The summed E-state index contributed by atoms with van der Waals surface area (Å²) >= 11 is 0. The molecule has 30 heavy (non-hydrogen) atoms. The highest BCUT2D eigenvalue weighted by molar-refractivity contribution is 7.89. The lowest BCUT2D eigenvalue weighted by atomic mass is 10.2. The van der Waals surface area contributed by atoms with Crippen molar-refractivity contribution in [3.05, 3.63) is 18.2 Å². The van der Waals surface area contributed by atoms with Gasteiger partial charge in [-0.15, -0.1) is 0 Å². The number of urea groups is 1. The monoisotopic (exact) mass is 437 g/mol. The molecular formula is C20H27N3O6S. The van der Waals surface area contributed by atoms with Crippen molar-refractivity contribution in [2.24, 2.45) is 5.92 Å². The number of amides is 3. The topological polar surface area (TPSA) is 104 Å². The number of nitrogens with zero attached hydrogens (tertiary/aromatic N) is 3. The van der Waals surface area contributed by atoms with Gasteiger partial charge in [0.15, 0.2) is 5.78 Å². The second kappa shape index (κ2) is 8.73. The molecule has 9 nitrogen and oxygen atoms in total. The summed E-state index contributed by atoms with van der Waals surface area (Å²) in [4.78, 5) is 39.1. The first-order chi connectivity index (χ1) is 14.1.